The molecule has 31 heavy (non-hydrogen) atoms. The second-order valence-electron chi connectivity index (χ2n) is 6.54. The highest BCUT2D eigenvalue weighted by atomic mass is 19.4. The molecule has 0 aliphatic rings. The Bertz CT molecular complexity index is 1060. The molecule has 0 radical (unpaired) electrons. The molecule has 8 heteroatoms. The summed E-state index contributed by atoms with van der Waals surface area (Å²) < 4.78 is 44.2. The van der Waals surface area contributed by atoms with E-state index in [1.54, 1.807) is 36.4 Å². The summed E-state index contributed by atoms with van der Waals surface area (Å²) in [7, 11) is 0. The van der Waals surface area contributed by atoms with Crippen molar-refractivity contribution in [2.45, 2.75) is 12.8 Å². The Hall–Kier alpha value is -3.81. The summed E-state index contributed by atoms with van der Waals surface area (Å²) in [5.74, 6) is -0.578. The summed E-state index contributed by atoms with van der Waals surface area (Å²) >= 11 is 0. The number of alkyl halides is 3. The molecule has 0 spiro atoms. The zero-order valence-corrected chi connectivity index (χ0v) is 16.2. The first-order valence-electron chi connectivity index (χ1n) is 9.18. The van der Waals surface area contributed by atoms with E-state index in [-0.39, 0.29) is 6.61 Å². The summed E-state index contributed by atoms with van der Waals surface area (Å²) in [6.45, 7) is -0.499. The third kappa shape index (κ3) is 6.60. The molecule has 160 valence electrons. The number of carboxylic acids is 1. The standard InChI is InChI=1S/C23H18F3NO4/c24-23(25,26)20-5-1-3-17(11-20)14-30-21-6-2-4-19(12-21)18-9-7-16(8-10-18)13-27-31-15-22(28)29/h1-13H,14-15H2,(H,28,29)/b27-13+. The maximum Gasteiger partial charge on any atom is 0.416 e. The van der Waals surface area contributed by atoms with Crippen molar-refractivity contribution in [3.8, 4) is 16.9 Å². The van der Waals surface area contributed by atoms with Gasteiger partial charge in [0, 0.05) is 0 Å². The molecular weight excluding hydrogens is 411 g/mol. The highest BCUT2D eigenvalue weighted by Gasteiger charge is 2.30. The molecule has 1 N–H and O–H groups in total. The van der Waals surface area contributed by atoms with Gasteiger partial charge in [0.05, 0.1) is 11.8 Å². The van der Waals surface area contributed by atoms with Gasteiger partial charge in [-0.05, 0) is 46.5 Å². The van der Waals surface area contributed by atoms with Crippen LogP contribution in [-0.2, 0) is 22.4 Å². The van der Waals surface area contributed by atoms with Gasteiger partial charge in [0.2, 0.25) is 6.61 Å². The van der Waals surface area contributed by atoms with Crippen LogP contribution in [0.15, 0.2) is 78.0 Å². The molecule has 5 nitrogen and oxygen atoms in total. The Morgan fingerprint density at radius 3 is 2.42 bits per heavy atom. The Morgan fingerprint density at radius 2 is 1.71 bits per heavy atom. The number of hydrogen-bond donors (Lipinski definition) is 1. The molecule has 0 saturated carbocycles. The van der Waals surface area contributed by atoms with Crippen LogP contribution in [0.2, 0.25) is 0 Å². The van der Waals surface area contributed by atoms with E-state index in [0.717, 1.165) is 28.8 Å². The zero-order valence-electron chi connectivity index (χ0n) is 16.2. The lowest BCUT2D eigenvalue weighted by Crippen LogP contribution is -2.06. The molecule has 0 atom stereocenters. The van der Waals surface area contributed by atoms with Crippen LogP contribution in [0.5, 0.6) is 5.75 Å². The van der Waals surface area contributed by atoms with Crippen molar-refractivity contribution < 1.29 is 32.6 Å². The first-order chi connectivity index (χ1) is 14.8. The topological polar surface area (TPSA) is 68.1 Å². The van der Waals surface area contributed by atoms with E-state index in [0.29, 0.717) is 11.3 Å². The molecular formula is C23H18F3NO4. The zero-order chi connectivity index (χ0) is 22.3. The van der Waals surface area contributed by atoms with Crippen LogP contribution in [0.1, 0.15) is 16.7 Å². The number of hydrogen-bond acceptors (Lipinski definition) is 4. The molecule has 3 aromatic rings. The Labute approximate surface area is 176 Å². The fraction of sp³-hybridized carbons (Fsp3) is 0.130. The fourth-order valence-corrected chi connectivity index (χ4v) is 2.72. The monoisotopic (exact) mass is 429 g/mol. The number of carboxylic acid groups (broad SMARTS) is 1. The third-order valence-electron chi connectivity index (χ3n) is 4.20. The molecule has 0 aliphatic carbocycles. The Morgan fingerprint density at radius 1 is 0.968 bits per heavy atom. The summed E-state index contributed by atoms with van der Waals surface area (Å²) in [5, 5.41) is 12.1. The van der Waals surface area contributed by atoms with Crippen molar-refractivity contribution in [1.82, 2.24) is 0 Å². The quantitative estimate of drug-likeness (QED) is 0.385. The number of rotatable bonds is 8. The van der Waals surface area contributed by atoms with Crippen LogP contribution in [0.25, 0.3) is 11.1 Å². The molecule has 0 saturated heterocycles. The van der Waals surface area contributed by atoms with E-state index < -0.39 is 24.3 Å². The maximum atomic E-state index is 12.8. The highest BCUT2D eigenvalue weighted by molar-refractivity contribution is 5.80. The molecule has 0 unspecified atom stereocenters. The minimum absolute atomic E-state index is 0.0130. The minimum atomic E-state index is -4.39. The molecule has 3 aromatic carbocycles. The number of carbonyl (C=O) groups is 1. The minimum Gasteiger partial charge on any atom is -0.489 e. The Kier molecular flexibility index (Phi) is 6.92. The molecule has 0 heterocycles. The molecule has 0 aromatic heterocycles. The number of ether oxygens (including phenoxy) is 1. The lowest BCUT2D eigenvalue weighted by molar-refractivity contribution is -0.142. The largest absolute Gasteiger partial charge is 0.489 e. The summed E-state index contributed by atoms with van der Waals surface area (Å²) in [6, 6.07) is 19.5. The van der Waals surface area contributed by atoms with Crippen molar-refractivity contribution in [1.29, 1.82) is 0 Å². The van der Waals surface area contributed by atoms with Crippen LogP contribution in [0.3, 0.4) is 0 Å². The van der Waals surface area contributed by atoms with Crippen molar-refractivity contribution in [3.05, 3.63) is 89.5 Å². The van der Waals surface area contributed by atoms with Gasteiger partial charge in [-0.1, -0.05) is 53.7 Å². The molecule has 0 amide bonds. The van der Waals surface area contributed by atoms with E-state index in [1.165, 1.54) is 12.3 Å². The predicted molar refractivity (Wildman–Crippen MR) is 109 cm³/mol. The van der Waals surface area contributed by atoms with E-state index in [9.17, 15) is 18.0 Å². The number of benzene rings is 3. The second-order valence-corrected chi connectivity index (χ2v) is 6.54. The normalized spacial score (nSPS) is 11.5. The van der Waals surface area contributed by atoms with Crippen LogP contribution in [0.4, 0.5) is 13.2 Å². The van der Waals surface area contributed by atoms with E-state index in [2.05, 4.69) is 9.99 Å². The van der Waals surface area contributed by atoms with Gasteiger partial charge in [0.15, 0.2) is 0 Å². The smallest absolute Gasteiger partial charge is 0.416 e. The van der Waals surface area contributed by atoms with Crippen molar-refractivity contribution in [2.24, 2.45) is 5.16 Å². The summed E-state index contributed by atoms with van der Waals surface area (Å²) in [5.41, 5.74) is 2.21. The fourth-order valence-electron chi connectivity index (χ4n) is 2.72. The van der Waals surface area contributed by atoms with Crippen LogP contribution < -0.4 is 4.74 Å². The van der Waals surface area contributed by atoms with Gasteiger partial charge in [-0.3, -0.25) is 0 Å². The average Bonchev–Trinajstić information content (AvgIpc) is 2.75. The first kappa shape index (κ1) is 21.9. The first-order valence-corrected chi connectivity index (χ1v) is 9.18. The predicted octanol–water partition coefficient (Wildman–Crippen LogP) is 5.39. The van der Waals surface area contributed by atoms with Crippen LogP contribution in [0, 0.1) is 0 Å². The number of aliphatic carboxylic acids is 1. The maximum absolute atomic E-state index is 12.8. The van der Waals surface area contributed by atoms with E-state index in [1.807, 2.05) is 18.2 Å². The lowest BCUT2D eigenvalue weighted by atomic mass is 10.0. The number of nitrogens with zero attached hydrogens (tertiary/aromatic N) is 1. The van der Waals surface area contributed by atoms with Gasteiger partial charge >= 0.3 is 12.1 Å². The molecule has 0 aliphatic heterocycles. The van der Waals surface area contributed by atoms with E-state index >= 15 is 0 Å². The van der Waals surface area contributed by atoms with Crippen LogP contribution >= 0.6 is 0 Å². The number of halogens is 3. The van der Waals surface area contributed by atoms with Gasteiger partial charge in [-0.15, -0.1) is 0 Å². The average molecular weight is 429 g/mol. The highest BCUT2D eigenvalue weighted by Crippen LogP contribution is 2.30. The van der Waals surface area contributed by atoms with Gasteiger partial charge in [0.25, 0.3) is 0 Å². The molecule has 3 rings (SSSR count). The van der Waals surface area contributed by atoms with Crippen molar-refractivity contribution in [2.75, 3.05) is 6.61 Å². The van der Waals surface area contributed by atoms with Gasteiger partial charge < -0.3 is 14.7 Å². The van der Waals surface area contributed by atoms with Crippen molar-refractivity contribution in [3.63, 3.8) is 0 Å². The van der Waals surface area contributed by atoms with E-state index in [4.69, 9.17) is 9.84 Å². The van der Waals surface area contributed by atoms with Crippen molar-refractivity contribution >= 4 is 12.2 Å². The molecule has 0 bridgehead atoms. The Balaban J connectivity index is 1.64. The van der Waals surface area contributed by atoms with Gasteiger partial charge in [0.1, 0.15) is 12.4 Å². The van der Waals surface area contributed by atoms with Gasteiger partial charge in [-0.2, -0.15) is 13.2 Å². The second kappa shape index (κ2) is 9.80. The van der Waals surface area contributed by atoms with Crippen LogP contribution in [-0.4, -0.2) is 23.9 Å². The third-order valence-corrected chi connectivity index (χ3v) is 4.20. The summed E-state index contributed by atoms with van der Waals surface area (Å²) in [4.78, 5) is 15.0. The molecule has 0 fully saturated rings. The SMILES string of the molecule is O=C(O)CO/N=C/c1ccc(-c2cccc(OCc3cccc(C(F)(F)F)c3)c2)cc1. The van der Waals surface area contributed by atoms with Gasteiger partial charge in [-0.25, -0.2) is 4.79 Å². The number of oxime groups is 1. The lowest BCUT2D eigenvalue weighted by Gasteiger charge is -2.11. The summed E-state index contributed by atoms with van der Waals surface area (Å²) in [6.07, 6.45) is -2.99.